The molecule has 1 N–H and O–H groups in total. The van der Waals surface area contributed by atoms with Crippen molar-refractivity contribution in [2.24, 2.45) is 0 Å². The van der Waals surface area contributed by atoms with Gasteiger partial charge in [0.05, 0.1) is 10.7 Å². The van der Waals surface area contributed by atoms with Gasteiger partial charge in [-0.15, -0.1) is 11.3 Å². The summed E-state index contributed by atoms with van der Waals surface area (Å²) in [4.78, 5) is 4.26. The third-order valence-corrected chi connectivity index (χ3v) is 3.81. The van der Waals surface area contributed by atoms with E-state index in [2.05, 4.69) is 16.4 Å². The maximum absolute atomic E-state index is 9.13. The maximum Gasteiger partial charge on any atom is 0.135 e. The van der Waals surface area contributed by atoms with Crippen LogP contribution in [0.4, 0.5) is 5.69 Å². The van der Waals surface area contributed by atoms with Gasteiger partial charge in [-0.2, -0.15) is 5.26 Å². The molecule has 0 fully saturated rings. The average molecular weight is 310 g/mol. The summed E-state index contributed by atoms with van der Waals surface area (Å²) in [6.45, 7) is 1.89. The van der Waals surface area contributed by atoms with Crippen LogP contribution in [0.25, 0.3) is 5.57 Å². The second-order valence-corrected chi connectivity index (χ2v) is 5.43. The Kier molecular flexibility index (Phi) is 4.43. The Balaban J connectivity index is 2.23. The molecule has 3 nitrogen and oxygen atoms in total. The van der Waals surface area contributed by atoms with E-state index < -0.39 is 0 Å². The molecule has 0 unspecified atom stereocenters. The van der Waals surface area contributed by atoms with E-state index in [9.17, 15) is 0 Å². The number of nitriles is 1. The third-order valence-electron chi connectivity index (χ3n) is 2.27. The quantitative estimate of drug-likeness (QED) is 0.833. The maximum atomic E-state index is 9.13. The van der Waals surface area contributed by atoms with Crippen molar-refractivity contribution >= 4 is 45.8 Å². The van der Waals surface area contributed by atoms with Crippen molar-refractivity contribution in [3.05, 3.63) is 50.5 Å². The Morgan fingerprint density at radius 3 is 2.84 bits per heavy atom. The number of thiazole rings is 1. The van der Waals surface area contributed by atoms with Gasteiger partial charge in [-0.05, 0) is 25.1 Å². The molecule has 1 aromatic heterocycles. The van der Waals surface area contributed by atoms with Crippen LogP contribution < -0.4 is 5.32 Å². The van der Waals surface area contributed by atoms with Gasteiger partial charge in [0.2, 0.25) is 0 Å². The fourth-order valence-electron chi connectivity index (χ4n) is 1.38. The average Bonchev–Trinajstić information content (AvgIpc) is 2.79. The van der Waals surface area contributed by atoms with Crippen LogP contribution in [0.3, 0.4) is 0 Å². The smallest absolute Gasteiger partial charge is 0.135 e. The van der Waals surface area contributed by atoms with Gasteiger partial charge in [0.25, 0.3) is 0 Å². The molecule has 6 heteroatoms. The first-order valence-electron chi connectivity index (χ1n) is 5.34. The minimum absolute atomic E-state index is 0.462. The van der Waals surface area contributed by atoms with Gasteiger partial charge in [0.15, 0.2) is 0 Å². The number of hydrogen-bond acceptors (Lipinski definition) is 4. The molecule has 0 aliphatic rings. The number of anilines is 1. The van der Waals surface area contributed by atoms with Crippen molar-refractivity contribution in [3.63, 3.8) is 0 Å². The second-order valence-electron chi connectivity index (χ2n) is 3.73. The van der Waals surface area contributed by atoms with Crippen LogP contribution in [-0.2, 0) is 0 Å². The summed E-state index contributed by atoms with van der Waals surface area (Å²) in [5.74, 6) is 0. The highest BCUT2D eigenvalue weighted by Crippen LogP contribution is 2.26. The molecule has 1 aromatic carbocycles. The molecule has 19 heavy (non-hydrogen) atoms. The van der Waals surface area contributed by atoms with E-state index >= 15 is 0 Å². The summed E-state index contributed by atoms with van der Waals surface area (Å²) in [5, 5.41) is 15.8. The van der Waals surface area contributed by atoms with Crippen molar-refractivity contribution in [3.8, 4) is 6.07 Å². The van der Waals surface area contributed by atoms with Gasteiger partial charge in [0, 0.05) is 22.3 Å². The Labute approximate surface area is 125 Å². The van der Waals surface area contributed by atoms with Gasteiger partial charge in [-0.25, -0.2) is 4.98 Å². The molecule has 0 aliphatic heterocycles. The Hall–Kier alpha value is -1.54. The van der Waals surface area contributed by atoms with Crippen molar-refractivity contribution < 1.29 is 0 Å². The number of nitrogens with one attached hydrogen (secondary N) is 1. The summed E-state index contributed by atoms with van der Waals surface area (Å²) in [6.07, 6.45) is 1.59. The highest BCUT2D eigenvalue weighted by atomic mass is 35.5. The van der Waals surface area contributed by atoms with Gasteiger partial charge < -0.3 is 5.32 Å². The monoisotopic (exact) mass is 309 g/mol. The molecule has 2 rings (SSSR count). The number of aryl methyl sites for hydroxylation is 1. The fourth-order valence-corrected chi connectivity index (χ4v) is 2.60. The zero-order valence-electron chi connectivity index (χ0n) is 9.95. The summed E-state index contributed by atoms with van der Waals surface area (Å²) in [6, 6.07) is 7.23. The first kappa shape index (κ1) is 13.9. The van der Waals surface area contributed by atoms with Gasteiger partial charge in [-0.3, -0.25) is 0 Å². The molecular weight excluding hydrogens is 301 g/mol. The number of allylic oxidation sites excluding steroid dienone is 1. The highest BCUT2D eigenvalue weighted by Gasteiger charge is 2.06. The van der Waals surface area contributed by atoms with Gasteiger partial charge in [-0.1, -0.05) is 23.2 Å². The molecule has 1 heterocycles. The summed E-state index contributed by atoms with van der Waals surface area (Å²) in [7, 11) is 0. The number of rotatable bonds is 3. The lowest BCUT2D eigenvalue weighted by atomic mass is 10.3. The summed E-state index contributed by atoms with van der Waals surface area (Å²) in [5.41, 5.74) is 2.04. The molecule has 0 radical (unpaired) electrons. The first-order chi connectivity index (χ1) is 9.10. The Bertz CT molecular complexity index is 671. The topological polar surface area (TPSA) is 48.7 Å². The number of halogens is 2. The molecule has 0 spiro atoms. The highest BCUT2D eigenvalue weighted by molar-refractivity contribution is 7.10. The zero-order chi connectivity index (χ0) is 13.8. The van der Waals surface area contributed by atoms with Crippen molar-refractivity contribution in [1.82, 2.24) is 4.98 Å². The van der Waals surface area contributed by atoms with Crippen LogP contribution in [-0.4, -0.2) is 4.98 Å². The van der Waals surface area contributed by atoms with E-state index in [-0.39, 0.29) is 0 Å². The predicted octanol–water partition coefficient (Wildman–Crippen LogP) is 4.73. The lowest BCUT2D eigenvalue weighted by molar-refractivity contribution is 1.24. The summed E-state index contributed by atoms with van der Waals surface area (Å²) < 4.78 is 0. The second kappa shape index (κ2) is 6.07. The molecule has 0 aliphatic carbocycles. The van der Waals surface area contributed by atoms with Crippen molar-refractivity contribution in [1.29, 1.82) is 5.26 Å². The normalized spacial score (nSPS) is 11.2. The van der Waals surface area contributed by atoms with Crippen LogP contribution in [0.5, 0.6) is 0 Å². The molecule has 0 amide bonds. The summed E-state index contributed by atoms with van der Waals surface area (Å²) >= 11 is 13.3. The van der Waals surface area contributed by atoms with E-state index in [1.807, 2.05) is 12.3 Å². The van der Waals surface area contributed by atoms with Crippen LogP contribution in [0.2, 0.25) is 10.0 Å². The van der Waals surface area contributed by atoms with E-state index in [1.54, 1.807) is 24.4 Å². The SMILES string of the molecule is Cc1csc(/C(C#N)=C/Nc2ccc(Cl)cc2Cl)n1. The number of hydrogen-bond donors (Lipinski definition) is 1. The van der Waals surface area contributed by atoms with Crippen LogP contribution in [0, 0.1) is 18.3 Å². The molecule has 96 valence electrons. The first-order valence-corrected chi connectivity index (χ1v) is 6.98. The van der Waals surface area contributed by atoms with Crippen LogP contribution in [0.15, 0.2) is 29.8 Å². The molecule has 2 aromatic rings. The van der Waals surface area contributed by atoms with Crippen molar-refractivity contribution in [2.75, 3.05) is 5.32 Å². The molecule has 0 saturated heterocycles. The van der Waals surface area contributed by atoms with Crippen LogP contribution in [0.1, 0.15) is 10.7 Å². The largest absolute Gasteiger partial charge is 0.359 e. The van der Waals surface area contributed by atoms with Crippen LogP contribution >= 0.6 is 34.5 Å². The minimum Gasteiger partial charge on any atom is -0.359 e. The molecule has 0 saturated carbocycles. The van der Waals surface area contributed by atoms with Gasteiger partial charge in [0.1, 0.15) is 16.6 Å². The number of aromatic nitrogens is 1. The van der Waals surface area contributed by atoms with Gasteiger partial charge >= 0.3 is 0 Å². The Morgan fingerprint density at radius 2 is 2.26 bits per heavy atom. The lowest BCUT2D eigenvalue weighted by Crippen LogP contribution is -1.91. The standard InChI is InChI=1S/C13H9Cl2N3S/c1-8-7-19-13(18-8)9(5-16)6-17-12-3-2-10(14)4-11(12)15/h2-4,6-7,17H,1H3/b9-6+. The van der Waals surface area contributed by atoms with Crippen molar-refractivity contribution in [2.45, 2.75) is 6.92 Å². The van der Waals surface area contributed by atoms with E-state index in [1.165, 1.54) is 11.3 Å². The fraction of sp³-hybridized carbons (Fsp3) is 0.0769. The molecule has 0 atom stereocenters. The third kappa shape index (κ3) is 3.48. The molecule has 0 bridgehead atoms. The lowest BCUT2D eigenvalue weighted by Gasteiger charge is -2.04. The number of benzene rings is 1. The predicted molar refractivity (Wildman–Crippen MR) is 80.5 cm³/mol. The zero-order valence-corrected chi connectivity index (χ0v) is 12.3. The molecular formula is C13H9Cl2N3S. The van der Waals surface area contributed by atoms with E-state index in [0.717, 1.165) is 5.69 Å². The minimum atomic E-state index is 0.462. The Morgan fingerprint density at radius 1 is 1.47 bits per heavy atom. The van der Waals surface area contributed by atoms with E-state index in [4.69, 9.17) is 28.5 Å². The van der Waals surface area contributed by atoms with E-state index in [0.29, 0.717) is 26.3 Å². The number of nitrogens with zero attached hydrogens (tertiary/aromatic N) is 2.